The largest absolute Gasteiger partial charge is 0.496 e. The van der Waals surface area contributed by atoms with E-state index in [-0.39, 0.29) is 5.91 Å². The van der Waals surface area contributed by atoms with Crippen LogP contribution in [0.1, 0.15) is 50.9 Å². The Morgan fingerprint density at radius 2 is 2.19 bits per heavy atom. The van der Waals surface area contributed by atoms with Crippen LogP contribution in [0.25, 0.3) is 0 Å². The molecule has 5 nitrogen and oxygen atoms in total. The van der Waals surface area contributed by atoms with Gasteiger partial charge < -0.3 is 15.8 Å². The number of nitrogens with one attached hydrogen (secondary N) is 1. The molecule has 0 aliphatic heterocycles. The van der Waals surface area contributed by atoms with E-state index in [0.717, 1.165) is 36.1 Å². The predicted molar refractivity (Wildman–Crippen MR) is 105 cm³/mol. The minimum absolute atomic E-state index is 0.313. The maximum Gasteiger partial charge on any atom is 0.260 e. The maximum atomic E-state index is 12.8. The number of hydrogen-bond donors (Lipinski definition) is 2. The second-order valence-electron chi connectivity index (χ2n) is 6.39. The normalized spacial score (nSPS) is 16.0. The van der Waals surface area contributed by atoms with Crippen molar-refractivity contribution in [2.45, 2.75) is 32.6 Å². The second-order valence-corrected chi connectivity index (χ2v) is 7.93. The van der Waals surface area contributed by atoms with Crippen LogP contribution in [0.2, 0.25) is 5.02 Å². The van der Waals surface area contributed by atoms with Gasteiger partial charge in [0.2, 0.25) is 0 Å². The van der Waals surface area contributed by atoms with Crippen molar-refractivity contribution in [1.29, 1.82) is 0 Å². The van der Waals surface area contributed by atoms with Crippen molar-refractivity contribution < 1.29 is 14.3 Å². The number of hydrogen-bond acceptors (Lipinski definition) is 4. The van der Waals surface area contributed by atoms with Crippen LogP contribution < -0.4 is 15.8 Å². The van der Waals surface area contributed by atoms with Gasteiger partial charge in [-0.1, -0.05) is 24.9 Å². The molecule has 1 aliphatic rings. The number of ether oxygens (including phenoxy) is 1. The molecule has 1 aromatic carbocycles. The van der Waals surface area contributed by atoms with E-state index in [1.165, 1.54) is 18.4 Å². The van der Waals surface area contributed by atoms with Crippen molar-refractivity contribution in [1.82, 2.24) is 0 Å². The number of rotatable bonds is 5. The van der Waals surface area contributed by atoms with E-state index >= 15 is 0 Å². The number of halogens is 1. The van der Waals surface area contributed by atoms with E-state index in [0.29, 0.717) is 32.8 Å². The van der Waals surface area contributed by atoms with Gasteiger partial charge in [0.25, 0.3) is 11.8 Å². The highest BCUT2D eigenvalue weighted by atomic mass is 35.5. The van der Waals surface area contributed by atoms with Crippen LogP contribution >= 0.6 is 22.9 Å². The van der Waals surface area contributed by atoms with Gasteiger partial charge in [0.15, 0.2) is 0 Å². The number of carbonyl (C=O) groups excluding carboxylic acids is 2. The van der Waals surface area contributed by atoms with Crippen molar-refractivity contribution >= 4 is 39.8 Å². The lowest BCUT2D eigenvalue weighted by atomic mass is 9.85. The van der Waals surface area contributed by atoms with Gasteiger partial charge in [0.1, 0.15) is 10.8 Å². The third-order valence-electron chi connectivity index (χ3n) is 4.82. The predicted octanol–water partition coefficient (Wildman–Crippen LogP) is 4.28. The summed E-state index contributed by atoms with van der Waals surface area (Å²) in [5, 5.41) is 3.78. The first-order valence-electron chi connectivity index (χ1n) is 8.53. The molecule has 1 aromatic heterocycles. The third kappa shape index (κ3) is 3.57. The van der Waals surface area contributed by atoms with Crippen LogP contribution in [-0.2, 0) is 12.8 Å². The molecule has 0 unspecified atom stereocenters. The molecule has 0 bridgehead atoms. The lowest BCUT2D eigenvalue weighted by Crippen LogP contribution is -2.20. The Labute approximate surface area is 161 Å². The fraction of sp³-hybridized carbons (Fsp3) is 0.368. The Morgan fingerprint density at radius 3 is 2.85 bits per heavy atom. The van der Waals surface area contributed by atoms with Crippen molar-refractivity contribution in [3.8, 4) is 5.75 Å². The first-order valence-corrected chi connectivity index (χ1v) is 9.73. The van der Waals surface area contributed by atoms with E-state index < -0.39 is 5.91 Å². The van der Waals surface area contributed by atoms with Crippen LogP contribution in [0.15, 0.2) is 18.2 Å². The van der Waals surface area contributed by atoms with Crippen LogP contribution in [-0.4, -0.2) is 18.9 Å². The zero-order valence-electron chi connectivity index (χ0n) is 14.7. The number of benzene rings is 1. The molecule has 0 spiro atoms. The summed E-state index contributed by atoms with van der Waals surface area (Å²) in [5.74, 6) is 0.140. The molecule has 0 saturated carbocycles. The molecule has 2 amide bonds. The van der Waals surface area contributed by atoms with Crippen LogP contribution in [0.4, 0.5) is 5.00 Å². The van der Waals surface area contributed by atoms with E-state index in [4.69, 9.17) is 22.1 Å². The average molecular weight is 393 g/mol. The number of fused-ring (bicyclic) bond motifs is 1. The number of methoxy groups -OCH3 is 1. The molecule has 3 N–H and O–H groups in total. The minimum atomic E-state index is -0.509. The topological polar surface area (TPSA) is 81.4 Å². The maximum absolute atomic E-state index is 12.8. The molecule has 1 atom stereocenters. The minimum Gasteiger partial charge on any atom is -0.496 e. The summed E-state index contributed by atoms with van der Waals surface area (Å²) < 4.78 is 5.24. The molecular weight excluding hydrogens is 372 g/mol. The summed E-state index contributed by atoms with van der Waals surface area (Å²) in [6.07, 6.45) is 3.88. The first kappa shape index (κ1) is 18.7. The molecule has 3 rings (SSSR count). The van der Waals surface area contributed by atoms with Crippen molar-refractivity contribution in [2.75, 3.05) is 12.4 Å². The monoisotopic (exact) mass is 392 g/mol. The number of anilines is 1. The summed E-state index contributed by atoms with van der Waals surface area (Å²) in [4.78, 5) is 25.9. The van der Waals surface area contributed by atoms with Crippen molar-refractivity contribution in [2.24, 2.45) is 11.7 Å². The summed E-state index contributed by atoms with van der Waals surface area (Å²) in [6.45, 7) is 2.17. The van der Waals surface area contributed by atoms with E-state index in [1.54, 1.807) is 18.2 Å². The first-order chi connectivity index (χ1) is 12.4. The van der Waals surface area contributed by atoms with Crippen LogP contribution in [0, 0.1) is 5.92 Å². The lowest BCUT2D eigenvalue weighted by molar-refractivity contribution is 0.1000. The average Bonchev–Trinajstić information content (AvgIpc) is 2.98. The van der Waals surface area contributed by atoms with Gasteiger partial charge in [-0.05, 0) is 48.9 Å². The highest BCUT2D eigenvalue weighted by Crippen LogP contribution is 2.40. The molecule has 0 fully saturated rings. The molecule has 0 radical (unpaired) electrons. The number of thiophene rings is 1. The molecule has 138 valence electrons. The molecule has 0 saturated heterocycles. The Bertz CT molecular complexity index is 863. The standard InChI is InChI=1S/C19H21ClN2O3S/c1-3-10-4-6-12-15(8-10)26-19(16(12)17(21)23)22-18(24)13-9-11(20)5-7-14(13)25-2/h5,7,9-10H,3-4,6,8H2,1-2H3,(H2,21,23)(H,22,24)/t10-/m1/s1. The number of nitrogens with two attached hydrogens (primary N) is 1. The van der Waals surface area contributed by atoms with E-state index in [9.17, 15) is 9.59 Å². The summed E-state index contributed by atoms with van der Waals surface area (Å²) in [5.41, 5.74) is 7.35. The lowest BCUT2D eigenvalue weighted by Gasteiger charge is -2.20. The Hall–Kier alpha value is -2.05. The van der Waals surface area contributed by atoms with E-state index in [1.807, 2.05) is 0 Å². The summed E-state index contributed by atoms with van der Waals surface area (Å²) >= 11 is 7.45. The van der Waals surface area contributed by atoms with Crippen molar-refractivity contribution in [3.63, 3.8) is 0 Å². The van der Waals surface area contributed by atoms with Gasteiger partial charge in [-0.2, -0.15) is 0 Å². The fourth-order valence-corrected chi connectivity index (χ4v) is 4.91. The second kappa shape index (κ2) is 7.68. The van der Waals surface area contributed by atoms with Gasteiger partial charge in [0, 0.05) is 9.90 Å². The summed E-state index contributed by atoms with van der Waals surface area (Å²) in [6, 6.07) is 4.83. The zero-order valence-corrected chi connectivity index (χ0v) is 16.3. The molecule has 2 aromatic rings. The number of primary amides is 1. The fourth-order valence-electron chi connectivity index (χ4n) is 3.38. The SMILES string of the molecule is CC[C@@H]1CCc2c(sc(NC(=O)c3cc(Cl)ccc3OC)c2C(N)=O)C1. The molecular formula is C19H21ClN2O3S. The Balaban J connectivity index is 1.95. The molecule has 7 heteroatoms. The summed E-state index contributed by atoms with van der Waals surface area (Å²) in [7, 11) is 1.49. The smallest absolute Gasteiger partial charge is 0.260 e. The molecule has 26 heavy (non-hydrogen) atoms. The van der Waals surface area contributed by atoms with Crippen LogP contribution in [0.5, 0.6) is 5.75 Å². The van der Waals surface area contributed by atoms with E-state index in [2.05, 4.69) is 12.2 Å². The van der Waals surface area contributed by atoms with Gasteiger partial charge >= 0.3 is 0 Å². The number of carbonyl (C=O) groups is 2. The quantitative estimate of drug-likeness (QED) is 0.796. The Kier molecular flexibility index (Phi) is 5.53. The van der Waals surface area contributed by atoms with Gasteiger partial charge in [0.05, 0.1) is 18.2 Å². The third-order valence-corrected chi connectivity index (χ3v) is 6.23. The van der Waals surface area contributed by atoms with Gasteiger partial charge in [-0.15, -0.1) is 11.3 Å². The van der Waals surface area contributed by atoms with Crippen LogP contribution in [0.3, 0.4) is 0 Å². The van der Waals surface area contributed by atoms with Gasteiger partial charge in [-0.25, -0.2) is 0 Å². The number of amides is 2. The molecule has 1 aliphatic carbocycles. The van der Waals surface area contributed by atoms with Crippen molar-refractivity contribution in [3.05, 3.63) is 44.8 Å². The Morgan fingerprint density at radius 1 is 1.42 bits per heavy atom. The zero-order chi connectivity index (χ0) is 18.8. The molecule has 1 heterocycles. The van der Waals surface area contributed by atoms with Gasteiger partial charge in [-0.3, -0.25) is 9.59 Å². The highest BCUT2D eigenvalue weighted by Gasteiger charge is 2.28. The highest BCUT2D eigenvalue weighted by molar-refractivity contribution is 7.17.